The molecule has 3 aliphatic heterocycles. The largest absolute Gasteiger partial charge is 0.378 e. The number of piperazine rings is 1. The number of rotatable bonds is 3. The summed E-state index contributed by atoms with van der Waals surface area (Å²) in [6.07, 6.45) is 1.85. The lowest BCUT2D eigenvalue weighted by molar-refractivity contribution is -0.141. The minimum Gasteiger partial charge on any atom is -0.378 e. The first-order chi connectivity index (χ1) is 13.6. The van der Waals surface area contributed by atoms with E-state index in [9.17, 15) is 14.3 Å². The average molecular weight is 402 g/mol. The normalized spacial score (nSPS) is 24.9. The second-order valence-corrected chi connectivity index (χ2v) is 8.84. The van der Waals surface area contributed by atoms with Crippen molar-refractivity contribution >= 4 is 22.4 Å². The van der Waals surface area contributed by atoms with Gasteiger partial charge in [0.2, 0.25) is 0 Å². The molecule has 0 spiro atoms. The summed E-state index contributed by atoms with van der Waals surface area (Å²) in [5.74, 6) is -0.723. The lowest BCUT2D eigenvalue weighted by atomic mass is 10.1. The number of anilines is 1. The Balaban J connectivity index is 1.32. The minimum atomic E-state index is -1.27. The average Bonchev–Trinajstić information content (AvgIpc) is 3.24. The number of benzene rings is 1. The van der Waals surface area contributed by atoms with Crippen LogP contribution < -0.4 is 10.2 Å². The molecule has 2 fully saturated rings. The van der Waals surface area contributed by atoms with Crippen LogP contribution in [-0.2, 0) is 17.8 Å². The van der Waals surface area contributed by atoms with Crippen molar-refractivity contribution in [2.75, 3.05) is 24.5 Å². The first-order valence-corrected chi connectivity index (χ1v) is 10.6. The van der Waals surface area contributed by atoms with Gasteiger partial charge in [-0.15, -0.1) is 0 Å². The van der Waals surface area contributed by atoms with Crippen LogP contribution in [0.3, 0.4) is 0 Å². The van der Waals surface area contributed by atoms with Crippen LogP contribution in [0.25, 0.3) is 0 Å². The lowest BCUT2D eigenvalue weighted by Crippen LogP contribution is -2.51. The Morgan fingerprint density at radius 2 is 1.96 bits per heavy atom. The first kappa shape index (κ1) is 18.0. The highest BCUT2D eigenvalue weighted by molar-refractivity contribution is 7.15. The number of amides is 1. The Hall–Kier alpha value is -2.03. The number of aliphatic hydroxyl groups is 1. The van der Waals surface area contributed by atoms with Gasteiger partial charge in [-0.3, -0.25) is 4.79 Å². The molecule has 1 amide bonds. The quantitative estimate of drug-likeness (QED) is 0.820. The summed E-state index contributed by atoms with van der Waals surface area (Å²) in [7, 11) is 0. The van der Waals surface area contributed by atoms with Crippen molar-refractivity contribution < 1.29 is 14.3 Å². The van der Waals surface area contributed by atoms with Crippen LogP contribution in [0.15, 0.2) is 24.3 Å². The summed E-state index contributed by atoms with van der Waals surface area (Å²) < 4.78 is 13.1. The maximum atomic E-state index is 13.1. The summed E-state index contributed by atoms with van der Waals surface area (Å²) in [4.78, 5) is 22.9. The van der Waals surface area contributed by atoms with E-state index in [1.54, 1.807) is 16.2 Å². The molecule has 2 N–H and O–H groups in total. The molecular formula is C20H23FN4O2S. The highest BCUT2D eigenvalue weighted by atomic mass is 32.1. The van der Waals surface area contributed by atoms with Crippen molar-refractivity contribution in [3.63, 3.8) is 0 Å². The second-order valence-electron chi connectivity index (χ2n) is 7.78. The lowest BCUT2D eigenvalue weighted by Gasteiger charge is -2.35. The molecule has 1 aromatic heterocycles. The predicted octanol–water partition coefficient (Wildman–Crippen LogP) is 1.84. The Bertz CT molecular complexity index is 871. The highest BCUT2D eigenvalue weighted by Gasteiger charge is 2.39. The number of aliphatic hydroxyl groups excluding tert-OH is 1. The van der Waals surface area contributed by atoms with Gasteiger partial charge in [-0.1, -0.05) is 23.5 Å². The van der Waals surface area contributed by atoms with E-state index in [-0.39, 0.29) is 11.7 Å². The molecule has 2 bridgehead atoms. The predicted molar refractivity (Wildman–Crippen MR) is 105 cm³/mol. The van der Waals surface area contributed by atoms with Crippen LogP contribution in [0, 0.1) is 5.82 Å². The van der Waals surface area contributed by atoms with E-state index in [0.29, 0.717) is 37.2 Å². The van der Waals surface area contributed by atoms with Crippen molar-refractivity contribution in [2.45, 2.75) is 44.0 Å². The first-order valence-electron chi connectivity index (χ1n) is 9.80. The smallest absolute Gasteiger partial charge is 0.256 e. The number of halogens is 1. The molecule has 0 aliphatic carbocycles. The van der Waals surface area contributed by atoms with Crippen molar-refractivity contribution in [3.8, 4) is 0 Å². The third-order valence-corrected chi connectivity index (χ3v) is 7.15. The van der Waals surface area contributed by atoms with E-state index < -0.39 is 6.10 Å². The number of nitrogens with zero attached hydrogens (tertiary/aromatic N) is 3. The fraction of sp³-hybridized carbons (Fsp3) is 0.500. The molecule has 2 aromatic rings. The van der Waals surface area contributed by atoms with Gasteiger partial charge in [0.1, 0.15) is 5.82 Å². The van der Waals surface area contributed by atoms with Gasteiger partial charge in [-0.2, -0.15) is 0 Å². The number of thiazole rings is 1. The molecule has 8 heteroatoms. The highest BCUT2D eigenvalue weighted by Crippen LogP contribution is 2.38. The summed E-state index contributed by atoms with van der Waals surface area (Å²) in [5.41, 5.74) is 1.50. The molecule has 0 radical (unpaired) electrons. The molecule has 5 rings (SSSR count). The molecule has 1 aromatic carbocycles. The molecule has 0 saturated carbocycles. The Morgan fingerprint density at radius 3 is 2.68 bits per heavy atom. The zero-order valence-corrected chi connectivity index (χ0v) is 16.3. The van der Waals surface area contributed by atoms with Crippen molar-refractivity contribution in [1.29, 1.82) is 0 Å². The number of fused-ring (bicyclic) bond motifs is 3. The van der Waals surface area contributed by atoms with Gasteiger partial charge in [0.25, 0.3) is 5.91 Å². The summed E-state index contributed by atoms with van der Waals surface area (Å²) in [5, 5.41) is 15.0. The number of hydrogen-bond donors (Lipinski definition) is 2. The van der Waals surface area contributed by atoms with Gasteiger partial charge in [-0.05, 0) is 30.5 Å². The molecule has 28 heavy (non-hydrogen) atoms. The molecular weight excluding hydrogens is 379 g/mol. The fourth-order valence-electron chi connectivity index (χ4n) is 4.53. The summed E-state index contributed by atoms with van der Waals surface area (Å²) in [6.45, 7) is 3.04. The van der Waals surface area contributed by atoms with Gasteiger partial charge in [0.15, 0.2) is 11.2 Å². The van der Waals surface area contributed by atoms with Crippen LogP contribution in [0.2, 0.25) is 0 Å². The number of carbonyl (C=O) groups is 1. The number of carbonyl (C=O) groups excluding carboxylic acids is 1. The molecule has 3 aliphatic rings. The van der Waals surface area contributed by atoms with Gasteiger partial charge in [0.05, 0.1) is 12.2 Å². The second kappa shape index (κ2) is 7.09. The third-order valence-electron chi connectivity index (χ3n) is 6.05. The van der Waals surface area contributed by atoms with E-state index in [4.69, 9.17) is 4.98 Å². The molecule has 6 nitrogen and oxygen atoms in total. The van der Waals surface area contributed by atoms with Gasteiger partial charge < -0.3 is 20.2 Å². The zero-order chi connectivity index (χ0) is 19.3. The standard InChI is InChI=1S/C20H23FN4O2S/c21-13-3-1-12(2-4-13)18(26)19(27)24-8-7-16-17(11-24)28-20(23-16)25-14-5-6-15(25)10-22-9-14/h1-4,14-15,18,22,26H,5-11H2. The van der Waals surface area contributed by atoms with E-state index in [0.717, 1.165) is 28.8 Å². The SMILES string of the molecule is O=C(C(O)c1ccc(F)cc1)N1CCc2nc(N3C4CCC3CNC4)sc2C1. The van der Waals surface area contributed by atoms with Gasteiger partial charge in [0, 0.05) is 43.0 Å². The minimum absolute atomic E-state index is 0.338. The van der Waals surface area contributed by atoms with E-state index in [1.165, 1.54) is 37.1 Å². The third kappa shape index (κ3) is 3.09. The maximum absolute atomic E-state index is 13.1. The summed E-state index contributed by atoms with van der Waals surface area (Å²) in [6, 6.07) is 6.47. The van der Waals surface area contributed by atoms with Gasteiger partial charge >= 0.3 is 0 Å². The zero-order valence-electron chi connectivity index (χ0n) is 15.5. The van der Waals surface area contributed by atoms with Crippen molar-refractivity contribution in [2.24, 2.45) is 0 Å². The molecule has 3 atom stereocenters. The van der Waals surface area contributed by atoms with Gasteiger partial charge in [-0.25, -0.2) is 9.37 Å². The van der Waals surface area contributed by atoms with E-state index >= 15 is 0 Å². The fourth-order valence-corrected chi connectivity index (χ4v) is 5.80. The molecule has 148 valence electrons. The van der Waals surface area contributed by atoms with Crippen LogP contribution in [0.1, 0.15) is 35.1 Å². The molecule has 2 saturated heterocycles. The van der Waals surface area contributed by atoms with Crippen LogP contribution in [-0.4, -0.2) is 52.6 Å². The van der Waals surface area contributed by atoms with Crippen molar-refractivity contribution in [1.82, 2.24) is 15.2 Å². The van der Waals surface area contributed by atoms with Crippen LogP contribution >= 0.6 is 11.3 Å². The Morgan fingerprint density at radius 1 is 1.25 bits per heavy atom. The number of nitrogens with one attached hydrogen (secondary N) is 1. The van der Waals surface area contributed by atoms with E-state index in [2.05, 4.69) is 10.2 Å². The van der Waals surface area contributed by atoms with Crippen molar-refractivity contribution in [3.05, 3.63) is 46.2 Å². The number of hydrogen-bond acceptors (Lipinski definition) is 6. The number of aromatic nitrogens is 1. The summed E-state index contributed by atoms with van der Waals surface area (Å²) >= 11 is 1.68. The van der Waals surface area contributed by atoms with Crippen LogP contribution in [0.4, 0.5) is 9.52 Å². The monoisotopic (exact) mass is 402 g/mol. The molecule has 3 unspecified atom stereocenters. The topological polar surface area (TPSA) is 68.7 Å². The van der Waals surface area contributed by atoms with Crippen LogP contribution in [0.5, 0.6) is 0 Å². The Labute approximate surface area is 167 Å². The van der Waals surface area contributed by atoms with E-state index in [1.807, 2.05) is 0 Å². The molecule has 4 heterocycles. The maximum Gasteiger partial charge on any atom is 0.256 e. The Kier molecular flexibility index (Phi) is 4.57.